The summed E-state index contributed by atoms with van der Waals surface area (Å²) in [7, 11) is 0. The monoisotopic (exact) mass is 598 g/mol. The Hall–Kier alpha value is -3.31. The Morgan fingerprint density at radius 2 is 1.83 bits per heavy atom. The van der Waals surface area contributed by atoms with E-state index < -0.39 is 17.3 Å². The molecule has 11 heteroatoms. The molecule has 7 nitrogen and oxygen atoms in total. The van der Waals surface area contributed by atoms with Crippen LogP contribution < -0.4 is 10.9 Å². The summed E-state index contributed by atoms with van der Waals surface area (Å²) >= 11 is 1.57. The fourth-order valence-corrected chi connectivity index (χ4v) is 7.21. The first-order valence-corrected chi connectivity index (χ1v) is 15.3. The lowest BCUT2D eigenvalue weighted by molar-refractivity contribution is -0.137. The predicted molar refractivity (Wildman–Crippen MR) is 154 cm³/mol. The van der Waals surface area contributed by atoms with Crippen LogP contribution in [0.15, 0.2) is 58.5 Å². The van der Waals surface area contributed by atoms with E-state index >= 15 is 0 Å². The SMILES string of the molecule is O=C(CCNC1(c2ccc(C(F)(F)F)cc2)CCC1)N1CCc2nc(SC3CCC3)n(-c3ccccc3O)c(=O)c2C1. The fourth-order valence-electron chi connectivity index (χ4n) is 5.89. The molecule has 0 unspecified atom stereocenters. The molecule has 3 aliphatic rings. The van der Waals surface area contributed by atoms with Gasteiger partial charge in [-0.05, 0) is 61.9 Å². The van der Waals surface area contributed by atoms with E-state index in [-0.39, 0.29) is 30.2 Å². The summed E-state index contributed by atoms with van der Waals surface area (Å²) in [6.45, 7) is 0.975. The van der Waals surface area contributed by atoms with Crippen molar-refractivity contribution in [3.8, 4) is 11.4 Å². The van der Waals surface area contributed by atoms with E-state index in [9.17, 15) is 27.9 Å². The molecular weight excluding hydrogens is 565 g/mol. The zero-order valence-corrected chi connectivity index (χ0v) is 23.9. The van der Waals surface area contributed by atoms with Crippen molar-refractivity contribution in [2.45, 2.75) is 80.0 Å². The molecule has 0 spiro atoms. The molecular formula is C31H33F3N4O3S. The first-order valence-electron chi connectivity index (χ1n) is 14.4. The summed E-state index contributed by atoms with van der Waals surface area (Å²) in [5, 5.41) is 15.0. The Kier molecular flexibility index (Phi) is 7.82. The van der Waals surface area contributed by atoms with Gasteiger partial charge in [0.15, 0.2) is 5.16 Å². The average molecular weight is 599 g/mol. The Labute approximate surface area is 246 Å². The quantitative estimate of drug-likeness (QED) is 0.331. The molecule has 0 atom stereocenters. The number of nitrogens with one attached hydrogen (secondary N) is 1. The number of hydrogen-bond acceptors (Lipinski definition) is 6. The number of thioether (sulfide) groups is 1. The zero-order chi connectivity index (χ0) is 29.5. The minimum absolute atomic E-state index is 0.00963. The van der Waals surface area contributed by atoms with Crippen LogP contribution in [0.2, 0.25) is 0 Å². The molecule has 1 aromatic heterocycles. The van der Waals surface area contributed by atoms with E-state index in [1.807, 2.05) is 0 Å². The van der Waals surface area contributed by atoms with Gasteiger partial charge in [0.1, 0.15) is 5.75 Å². The molecule has 2 aliphatic carbocycles. The molecule has 0 radical (unpaired) electrons. The number of aromatic nitrogens is 2. The van der Waals surface area contributed by atoms with Crippen LogP contribution in [0.4, 0.5) is 13.2 Å². The highest BCUT2D eigenvalue weighted by atomic mass is 32.2. The summed E-state index contributed by atoms with van der Waals surface area (Å²) in [5.74, 6) is -0.110. The van der Waals surface area contributed by atoms with Crippen LogP contribution in [0, 0.1) is 0 Å². The van der Waals surface area contributed by atoms with Crippen LogP contribution in [-0.4, -0.2) is 43.8 Å². The fraction of sp³-hybridized carbons (Fsp3) is 0.452. The Morgan fingerprint density at radius 1 is 1.10 bits per heavy atom. The number of rotatable bonds is 8. The maximum atomic E-state index is 13.9. The van der Waals surface area contributed by atoms with Crippen LogP contribution in [0.1, 0.15) is 67.3 Å². The normalized spacial score (nSPS) is 18.2. The second-order valence-electron chi connectivity index (χ2n) is 11.4. The third kappa shape index (κ3) is 5.56. The Bertz CT molecular complexity index is 1530. The predicted octanol–water partition coefficient (Wildman–Crippen LogP) is 5.55. The molecule has 42 heavy (non-hydrogen) atoms. The number of phenolic OH excluding ortho intramolecular Hbond substituents is 1. The second-order valence-corrected chi connectivity index (χ2v) is 12.6. The minimum atomic E-state index is -4.38. The lowest BCUT2D eigenvalue weighted by Crippen LogP contribution is -2.49. The first-order chi connectivity index (χ1) is 20.1. The van der Waals surface area contributed by atoms with Crippen molar-refractivity contribution in [1.29, 1.82) is 0 Å². The lowest BCUT2D eigenvalue weighted by Gasteiger charge is -2.43. The number of halogens is 3. The molecule has 2 fully saturated rings. The summed E-state index contributed by atoms with van der Waals surface area (Å²) in [5.41, 5.74) is 0.966. The molecule has 222 valence electrons. The number of carbonyl (C=O) groups is 1. The molecule has 0 saturated heterocycles. The van der Waals surface area contributed by atoms with Crippen LogP contribution in [-0.2, 0) is 29.5 Å². The van der Waals surface area contributed by atoms with Gasteiger partial charge >= 0.3 is 6.18 Å². The van der Waals surface area contributed by atoms with Gasteiger partial charge < -0.3 is 15.3 Å². The van der Waals surface area contributed by atoms with Crippen molar-refractivity contribution >= 4 is 17.7 Å². The minimum Gasteiger partial charge on any atom is -0.506 e. The van der Waals surface area contributed by atoms with Gasteiger partial charge in [-0.3, -0.25) is 14.2 Å². The summed E-state index contributed by atoms with van der Waals surface area (Å²) in [4.78, 5) is 33.7. The van der Waals surface area contributed by atoms with Crippen molar-refractivity contribution in [2.24, 2.45) is 0 Å². The molecule has 2 saturated carbocycles. The van der Waals surface area contributed by atoms with Crippen LogP contribution >= 0.6 is 11.8 Å². The van der Waals surface area contributed by atoms with Crippen molar-refractivity contribution in [1.82, 2.24) is 19.8 Å². The highest BCUT2D eigenvalue weighted by Crippen LogP contribution is 2.42. The molecule has 1 amide bonds. The summed E-state index contributed by atoms with van der Waals surface area (Å²) in [6.07, 6.45) is 2.13. The van der Waals surface area contributed by atoms with E-state index in [4.69, 9.17) is 4.98 Å². The second kappa shape index (κ2) is 11.4. The largest absolute Gasteiger partial charge is 0.506 e. The van der Waals surface area contributed by atoms with Gasteiger partial charge in [0.2, 0.25) is 5.91 Å². The van der Waals surface area contributed by atoms with Crippen molar-refractivity contribution in [3.05, 3.63) is 81.3 Å². The van der Waals surface area contributed by atoms with E-state index in [0.29, 0.717) is 46.9 Å². The first kappa shape index (κ1) is 28.8. The Balaban J connectivity index is 1.16. The third-order valence-electron chi connectivity index (χ3n) is 8.77. The third-order valence-corrected chi connectivity index (χ3v) is 10.1. The van der Waals surface area contributed by atoms with Gasteiger partial charge in [0.25, 0.3) is 5.56 Å². The van der Waals surface area contributed by atoms with Crippen LogP contribution in [0.25, 0.3) is 5.69 Å². The Morgan fingerprint density at radius 3 is 2.45 bits per heavy atom. The highest BCUT2D eigenvalue weighted by molar-refractivity contribution is 7.99. The number of fused-ring (bicyclic) bond motifs is 1. The maximum absolute atomic E-state index is 13.9. The molecule has 2 N–H and O–H groups in total. The number of benzene rings is 2. The summed E-state index contributed by atoms with van der Waals surface area (Å²) in [6, 6.07) is 12.0. The number of aromatic hydroxyl groups is 1. The number of phenols is 1. The van der Waals surface area contributed by atoms with E-state index in [1.54, 1.807) is 40.9 Å². The van der Waals surface area contributed by atoms with Crippen molar-refractivity contribution in [3.63, 3.8) is 0 Å². The number of carbonyl (C=O) groups excluding carboxylic acids is 1. The molecule has 2 heterocycles. The smallest absolute Gasteiger partial charge is 0.416 e. The van der Waals surface area contributed by atoms with E-state index in [0.717, 1.165) is 56.2 Å². The van der Waals surface area contributed by atoms with Crippen LogP contribution in [0.3, 0.4) is 0 Å². The van der Waals surface area contributed by atoms with Gasteiger partial charge in [-0.25, -0.2) is 4.98 Å². The van der Waals surface area contributed by atoms with Crippen LogP contribution in [0.5, 0.6) is 5.75 Å². The maximum Gasteiger partial charge on any atom is 0.416 e. The molecule has 6 rings (SSSR count). The molecule has 3 aromatic rings. The lowest BCUT2D eigenvalue weighted by atomic mass is 9.71. The standard InChI is InChI=1S/C31H33F3N4O3S/c32-31(33,34)21-11-9-20(10-12-21)30(15-4-16-30)35-17-13-27(40)37-18-14-24-23(19-37)28(41)38(25-7-1-2-8-26(25)39)29(36-24)42-22-5-3-6-22/h1-2,7-12,22,35,39H,3-6,13-19H2. The molecule has 2 aromatic carbocycles. The number of amides is 1. The topological polar surface area (TPSA) is 87.5 Å². The van der Waals surface area contributed by atoms with Crippen molar-refractivity contribution in [2.75, 3.05) is 13.1 Å². The van der Waals surface area contributed by atoms with Gasteiger partial charge in [-0.15, -0.1) is 0 Å². The molecule has 0 bridgehead atoms. The van der Waals surface area contributed by atoms with E-state index in [2.05, 4.69) is 5.32 Å². The highest BCUT2D eigenvalue weighted by Gasteiger charge is 2.39. The number of nitrogens with zero attached hydrogens (tertiary/aromatic N) is 3. The number of para-hydroxylation sites is 2. The zero-order valence-electron chi connectivity index (χ0n) is 23.1. The number of alkyl halides is 3. The van der Waals surface area contributed by atoms with Gasteiger partial charge in [0, 0.05) is 36.7 Å². The number of hydrogen-bond donors (Lipinski definition) is 2. The van der Waals surface area contributed by atoms with Gasteiger partial charge in [0.05, 0.1) is 29.1 Å². The van der Waals surface area contributed by atoms with Gasteiger partial charge in [-0.2, -0.15) is 13.2 Å². The molecule has 1 aliphatic heterocycles. The summed E-state index contributed by atoms with van der Waals surface area (Å²) < 4.78 is 40.5. The van der Waals surface area contributed by atoms with Gasteiger partial charge in [-0.1, -0.05) is 42.4 Å². The average Bonchev–Trinajstić information content (AvgIpc) is 2.92. The van der Waals surface area contributed by atoms with E-state index in [1.165, 1.54) is 16.7 Å². The van der Waals surface area contributed by atoms with Crippen molar-refractivity contribution < 1.29 is 23.1 Å².